The summed E-state index contributed by atoms with van der Waals surface area (Å²) in [4.78, 5) is 41.9. The number of aromatic nitrogens is 1. The zero-order valence-electron chi connectivity index (χ0n) is 15.5. The van der Waals surface area contributed by atoms with Crippen molar-refractivity contribution < 1.29 is 19.5 Å². The first-order chi connectivity index (χ1) is 13.4. The van der Waals surface area contributed by atoms with E-state index in [0.717, 1.165) is 24.0 Å². The van der Waals surface area contributed by atoms with Crippen molar-refractivity contribution in [2.45, 2.75) is 32.2 Å². The number of phenolic OH excluding ortho intramolecular Hbond substituents is 1. The average Bonchev–Trinajstić information content (AvgIpc) is 2.69. The van der Waals surface area contributed by atoms with Gasteiger partial charge in [0.05, 0.1) is 23.5 Å². The van der Waals surface area contributed by atoms with Crippen molar-refractivity contribution in [3.8, 4) is 5.75 Å². The van der Waals surface area contributed by atoms with Crippen LogP contribution in [-0.4, -0.2) is 39.3 Å². The number of hydrogen-bond acceptors (Lipinski definition) is 5. The molecular weight excluding hydrogens is 360 g/mol. The van der Waals surface area contributed by atoms with E-state index in [0.29, 0.717) is 13.0 Å². The Kier molecular flexibility index (Phi) is 5.58. The predicted molar refractivity (Wildman–Crippen MR) is 103 cm³/mol. The van der Waals surface area contributed by atoms with Gasteiger partial charge in [-0.05, 0) is 49.4 Å². The van der Waals surface area contributed by atoms with E-state index in [-0.39, 0.29) is 23.0 Å². The molecule has 0 aliphatic carbocycles. The van der Waals surface area contributed by atoms with Crippen LogP contribution in [0.15, 0.2) is 36.7 Å². The van der Waals surface area contributed by atoms with Crippen LogP contribution in [0.3, 0.4) is 0 Å². The minimum atomic E-state index is -0.813. The first kappa shape index (κ1) is 19.3. The van der Waals surface area contributed by atoms with Crippen LogP contribution in [0, 0.1) is 6.92 Å². The minimum Gasteiger partial charge on any atom is -0.508 e. The van der Waals surface area contributed by atoms with E-state index in [4.69, 9.17) is 5.73 Å². The monoisotopic (exact) mass is 382 g/mol. The van der Waals surface area contributed by atoms with Crippen LogP contribution in [0.5, 0.6) is 5.75 Å². The van der Waals surface area contributed by atoms with Crippen molar-refractivity contribution in [1.82, 2.24) is 9.88 Å². The van der Waals surface area contributed by atoms with Crippen LogP contribution in [0.25, 0.3) is 0 Å². The number of amides is 3. The van der Waals surface area contributed by atoms with Crippen molar-refractivity contribution in [2.24, 2.45) is 5.73 Å². The smallest absolute Gasteiger partial charge is 0.313 e. The second-order valence-electron chi connectivity index (χ2n) is 6.84. The maximum Gasteiger partial charge on any atom is 0.313 e. The molecule has 4 N–H and O–H groups in total. The molecule has 1 aromatic carbocycles. The number of piperidine rings is 1. The maximum atomic E-state index is 12.8. The van der Waals surface area contributed by atoms with Gasteiger partial charge in [-0.25, -0.2) is 0 Å². The normalized spacial score (nSPS) is 16.5. The van der Waals surface area contributed by atoms with E-state index in [9.17, 15) is 19.5 Å². The van der Waals surface area contributed by atoms with Gasteiger partial charge in [-0.2, -0.15) is 0 Å². The first-order valence-electron chi connectivity index (χ1n) is 9.03. The van der Waals surface area contributed by atoms with Crippen molar-refractivity contribution >= 4 is 23.4 Å². The molecule has 1 aromatic heterocycles. The summed E-state index contributed by atoms with van der Waals surface area (Å²) < 4.78 is 0. The Hall–Kier alpha value is -3.42. The second-order valence-corrected chi connectivity index (χ2v) is 6.84. The fourth-order valence-electron chi connectivity index (χ4n) is 3.31. The molecule has 0 saturated carbocycles. The molecular formula is C20H22N4O4. The molecule has 1 fully saturated rings. The SMILES string of the molecule is Cc1ccc([C@@H]2CCCCN2C(=O)C(=O)Nc2cncc(C(N)=O)c2)cc1O. The molecule has 3 amide bonds. The molecule has 8 heteroatoms. The number of nitrogens with one attached hydrogen (secondary N) is 1. The van der Waals surface area contributed by atoms with E-state index in [1.54, 1.807) is 19.1 Å². The van der Waals surface area contributed by atoms with Crippen LogP contribution in [0.4, 0.5) is 5.69 Å². The molecule has 0 spiro atoms. The lowest BCUT2D eigenvalue weighted by atomic mass is 9.94. The fraction of sp³-hybridized carbons (Fsp3) is 0.300. The Labute approximate surface area is 162 Å². The van der Waals surface area contributed by atoms with Gasteiger partial charge >= 0.3 is 11.8 Å². The number of nitrogens with two attached hydrogens (primary N) is 1. The van der Waals surface area contributed by atoms with Gasteiger partial charge in [-0.15, -0.1) is 0 Å². The summed E-state index contributed by atoms with van der Waals surface area (Å²) in [6.45, 7) is 2.25. The summed E-state index contributed by atoms with van der Waals surface area (Å²) in [5, 5.41) is 12.5. The lowest BCUT2D eigenvalue weighted by Gasteiger charge is -2.35. The molecule has 8 nitrogen and oxygen atoms in total. The Morgan fingerprint density at radius 1 is 1.21 bits per heavy atom. The lowest BCUT2D eigenvalue weighted by Crippen LogP contribution is -2.44. The van der Waals surface area contributed by atoms with Crippen molar-refractivity contribution in [1.29, 1.82) is 0 Å². The van der Waals surface area contributed by atoms with Crippen LogP contribution in [-0.2, 0) is 9.59 Å². The minimum absolute atomic E-state index is 0.135. The first-order valence-corrected chi connectivity index (χ1v) is 9.03. The number of carbonyl (C=O) groups excluding carboxylic acids is 3. The standard InChI is InChI=1S/C20H22N4O4/c1-12-5-6-13(9-17(12)25)16-4-2-3-7-24(16)20(28)19(27)23-15-8-14(18(21)26)10-22-11-15/h5-6,8-11,16,25H,2-4,7H2,1H3,(H2,21,26)(H,23,27)/t16-/m0/s1. The average molecular weight is 382 g/mol. The Bertz CT molecular complexity index is 928. The summed E-state index contributed by atoms with van der Waals surface area (Å²) in [5.74, 6) is -2.00. The Morgan fingerprint density at radius 2 is 2.00 bits per heavy atom. The van der Waals surface area contributed by atoms with Crippen LogP contribution in [0.1, 0.15) is 46.8 Å². The molecule has 2 aromatic rings. The van der Waals surface area contributed by atoms with Gasteiger partial charge in [0.15, 0.2) is 0 Å². The number of anilines is 1. The summed E-state index contributed by atoms with van der Waals surface area (Å²) in [5.41, 5.74) is 7.10. The van der Waals surface area contributed by atoms with Gasteiger partial charge in [0.25, 0.3) is 0 Å². The van der Waals surface area contributed by atoms with Gasteiger partial charge in [0, 0.05) is 12.7 Å². The maximum absolute atomic E-state index is 12.8. The number of benzene rings is 1. The van der Waals surface area contributed by atoms with Crippen molar-refractivity contribution in [3.05, 3.63) is 53.3 Å². The number of primary amides is 1. The molecule has 146 valence electrons. The van der Waals surface area contributed by atoms with E-state index < -0.39 is 17.7 Å². The number of carbonyl (C=O) groups is 3. The van der Waals surface area contributed by atoms with E-state index >= 15 is 0 Å². The lowest BCUT2D eigenvalue weighted by molar-refractivity contribution is -0.145. The molecule has 1 atom stereocenters. The highest BCUT2D eigenvalue weighted by Crippen LogP contribution is 2.33. The number of nitrogens with zero attached hydrogens (tertiary/aromatic N) is 2. The van der Waals surface area contributed by atoms with Gasteiger partial charge in [0.1, 0.15) is 5.75 Å². The third-order valence-corrected chi connectivity index (χ3v) is 4.86. The summed E-state index contributed by atoms with van der Waals surface area (Å²) >= 11 is 0. The van der Waals surface area contributed by atoms with E-state index in [1.807, 2.05) is 6.07 Å². The summed E-state index contributed by atoms with van der Waals surface area (Å²) in [6.07, 6.45) is 5.05. The topological polar surface area (TPSA) is 126 Å². The molecule has 2 heterocycles. The largest absolute Gasteiger partial charge is 0.508 e. The van der Waals surface area contributed by atoms with Gasteiger partial charge in [0.2, 0.25) is 5.91 Å². The number of hydrogen-bond donors (Lipinski definition) is 3. The van der Waals surface area contributed by atoms with Gasteiger partial charge in [-0.3, -0.25) is 19.4 Å². The van der Waals surface area contributed by atoms with Crippen LogP contribution < -0.4 is 11.1 Å². The molecule has 1 aliphatic rings. The number of phenols is 1. The van der Waals surface area contributed by atoms with Crippen LogP contribution in [0.2, 0.25) is 0 Å². The molecule has 0 radical (unpaired) electrons. The highest BCUT2D eigenvalue weighted by molar-refractivity contribution is 6.39. The number of pyridine rings is 1. The van der Waals surface area contributed by atoms with Gasteiger partial charge in [-0.1, -0.05) is 12.1 Å². The Balaban J connectivity index is 1.78. The molecule has 3 rings (SSSR count). The third kappa shape index (κ3) is 4.11. The number of aromatic hydroxyl groups is 1. The molecule has 1 saturated heterocycles. The van der Waals surface area contributed by atoms with Crippen molar-refractivity contribution in [2.75, 3.05) is 11.9 Å². The van der Waals surface area contributed by atoms with Crippen LogP contribution >= 0.6 is 0 Å². The van der Waals surface area contributed by atoms with Crippen molar-refractivity contribution in [3.63, 3.8) is 0 Å². The molecule has 0 bridgehead atoms. The predicted octanol–water partition coefficient (Wildman–Crippen LogP) is 1.89. The summed E-state index contributed by atoms with van der Waals surface area (Å²) in [6, 6.07) is 6.39. The summed E-state index contributed by atoms with van der Waals surface area (Å²) in [7, 11) is 0. The number of likely N-dealkylation sites (tertiary alicyclic amines) is 1. The molecule has 28 heavy (non-hydrogen) atoms. The number of rotatable bonds is 3. The molecule has 0 unspecified atom stereocenters. The number of aryl methyl sites for hydroxylation is 1. The second kappa shape index (κ2) is 8.08. The molecule has 1 aliphatic heterocycles. The van der Waals surface area contributed by atoms with Gasteiger partial charge < -0.3 is 21.1 Å². The zero-order valence-corrected chi connectivity index (χ0v) is 15.5. The zero-order chi connectivity index (χ0) is 20.3. The quantitative estimate of drug-likeness (QED) is 0.699. The van der Waals surface area contributed by atoms with E-state index in [1.165, 1.54) is 23.4 Å². The highest BCUT2D eigenvalue weighted by atomic mass is 16.3. The van der Waals surface area contributed by atoms with E-state index in [2.05, 4.69) is 10.3 Å². The highest BCUT2D eigenvalue weighted by Gasteiger charge is 2.32. The Morgan fingerprint density at radius 3 is 2.71 bits per heavy atom. The third-order valence-electron chi connectivity index (χ3n) is 4.86. The fourth-order valence-corrected chi connectivity index (χ4v) is 3.31.